The predicted octanol–water partition coefficient (Wildman–Crippen LogP) is 1.70. The second-order valence-electron chi connectivity index (χ2n) is 5.10. The SMILES string of the molecule is CN(C)c1ccc(C2OB(O)c3cccc(F)c32)cc1. The van der Waals surface area contributed by atoms with Crippen LogP contribution in [-0.2, 0) is 4.65 Å². The molecule has 20 heavy (non-hydrogen) atoms. The fraction of sp³-hybridized carbons (Fsp3) is 0.200. The Labute approximate surface area is 117 Å². The van der Waals surface area contributed by atoms with E-state index in [1.165, 1.54) is 6.07 Å². The molecule has 1 heterocycles. The summed E-state index contributed by atoms with van der Waals surface area (Å²) < 4.78 is 19.5. The summed E-state index contributed by atoms with van der Waals surface area (Å²) in [7, 11) is 2.85. The second kappa shape index (κ2) is 4.92. The third-order valence-corrected chi connectivity index (χ3v) is 3.59. The second-order valence-corrected chi connectivity index (χ2v) is 5.10. The molecule has 1 N–H and O–H groups in total. The van der Waals surface area contributed by atoms with Gasteiger partial charge in [-0.3, -0.25) is 0 Å². The minimum absolute atomic E-state index is 0.347. The van der Waals surface area contributed by atoms with Crippen molar-refractivity contribution in [2.75, 3.05) is 19.0 Å². The molecule has 2 aromatic carbocycles. The molecule has 5 heteroatoms. The van der Waals surface area contributed by atoms with Crippen LogP contribution in [0, 0.1) is 5.82 Å². The fourth-order valence-electron chi connectivity index (χ4n) is 2.51. The first-order valence-electron chi connectivity index (χ1n) is 6.47. The van der Waals surface area contributed by atoms with Crippen molar-refractivity contribution in [3.63, 3.8) is 0 Å². The number of nitrogens with zero attached hydrogens (tertiary/aromatic N) is 1. The van der Waals surface area contributed by atoms with Gasteiger partial charge in [0.05, 0.1) is 6.10 Å². The third-order valence-electron chi connectivity index (χ3n) is 3.59. The van der Waals surface area contributed by atoms with Gasteiger partial charge in [-0.15, -0.1) is 0 Å². The van der Waals surface area contributed by atoms with Crippen LogP contribution in [0.3, 0.4) is 0 Å². The molecule has 1 atom stereocenters. The minimum atomic E-state index is -1.07. The van der Waals surface area contributed by atoms with E-state index in [1.807, 2.05) is 43.3 Å². The highest BCUT2D eigenvalue weighted by atomic mass is 19.1. The van der Waals surface area contributed by atoms with E-state index >= 15 is 0 Å². The molecule has 0 aliphatic carbocycles. The summed E-state index contributed by atoms with van der Waals surface area (Å²) in [6.07, 6.45) is -0.558. The lowest BCUT2D eigenvalue weighted by Crippen LogP contribution is -2.28. The van der Waals surface area contributed by atoms with E-state index in [0.717, 1.165) is 11.3 Å². The highest BCUT2D eigenvalue weighted by Crippen LogP contribution is 2.32. The molecular weight excluding hydrogens is 256 g/mol. The number of hydrogen-bond donors (Lipinski definition) is 1. The first kappa shape index (κ1) is 13.2. The van der Waals surface area contributed by atoms with Crippen LogP contribution in [0.1, 0.15) is 17.2 Å². The number of rotatable bonds is 2. The van der Waals surface area contributed by atoms with Gasteiger partial charge in [0.25, 0.3) is 0 Å². The van der Waals surface area contributed by atoms with Gasteiger partial charge in [-0.25, -0.2) is 4.39 Å². The van der Waals surface area contributed by atoms with Crippen molar-refractivity contribution in [2.24, 2.45) is 0 Å². The lowest BCUT2D eigenvalue weighted by atomic mass is 9.79. The molecule has 1 aliphatic heterocycles. The highest BCUT2D eigenvalue weighted by Gasteiger charge is 2.37. The Hall–Kier alpha value is -1.85. The molecule has 2 aromatic rings. The van der Waals surface area contributed by atoms with Crippen molar-refractivity contribution in [1.82, 2.24) is 0 Å². The van der Waals surface area contributed by atoms with Crippen molar-refractivity contribution in [3.05, 3.63) is 59.4 Å². The molecule has 0 saturated heterocycles. The molecule has 0 saturated carbocycles. The van der Waals surface area contributed by atoms with Crippen molar-refractivity contribution in [1.29, 1.82) is 0 Å². The van der Waals surface area contributed by atoms with Gasteiger partial charge in [0.15, 0.2) is 0 Å². The zero-order valence-corrected chi connectivity index (χ0v) is 11.4. The van der Waals surface area contributed by atoms with E-state index in [1.54, 1.807) is 12.1 Å². The highest BCUT2D eigenvalue weighted by molar-refractivity contribution is 6.61. The van der Waals surface area contributed by atoms with Gasteiger partial charge in [0.2, 0.25) is 0 Å². The summed E-state index contributed by atoms with van der Waals surface area (Å²) in [6.45, 7) is 0. The maximum atomic E-state index is 14.0. The number of anilines is 1. The normalized spacial score (nSPS) is 17.2. The van der Waals surface area contributed by atoms with Gasteiger partial charge in [-0.2, -0.15) is 0 Å². The van der Waals surface area contributed by atoms with Gasteiger partial charge in [0.1, 0.15) is 5.82 Å². The van der Waals surface area contributed by atoms with Crippen LogP contribution in [0.2, 0.25) is 0 Å². The Morgan fingerprint density at radius 2 is 1.85 bits per heavy atom. The summed E-state index contributed by atoms with van der Waals surface area (Å²) in [5.41, 5.74) is 2.82. The summed E-state index contributed by atoms with van der Waals surface area (Å²) in [6, 6.07) is 12.4. The molecule has 3 rings (SSSR count). The maximum Gasteiger partial charge on any atom is 0.492 e. The van der Waals surface area contributed by atoms with Gasteiger partial charge >= 0.3 is 7.12 Å². The quantitative estimate of drug-likeness (QED) is 0.844. The smallest absolute Gasteiger partial charge is 0.423 e. The lowest BCUT2D eigenvalue weighted by molar-refractivity contribution is 0.223. The molecule has 0 spiro atoms. The Balaban J connectivity index is 2.01. The zero-order chi connectivity index (χ0) is 14.3. The summed E-state index contributed by atoms with van der Waals surface area (Å²) in [4.78, 5) is 1.99. The van der Waals surface area contributed by atoms with E-state index in [0.29, 0.717) is 11.0 Å². The van der Waals surface area contributed by atoms with Crippen LogP contribution >= 0.6 is 0 Å². The molecule has 0 amide bonds. The average molecular weight is 271 g/mol. The average Bonchev–Trinajstić information content (AvgIpc) is 2.78. The van der Waals surface area contributed by atoms with Crippen molar-refractivity contribution in [3.8, 4) is 0 Å². The molecule has 0 bridgehead atoms. The maximum absolute atomic E-state index is 14.0. The number of hydrogen-bond acceptors (Lipinski definition) is 3. The lowest BCUT2D eigenvalue weighted by Gasteiger charge is -2.16. The van der Waals surface area contributed by atoms with Crippen molar-refractivity contribution >= 4 is 18.3 Å². The Morgan fingerprint density at radius 3 is 2.50 bits per heavy atom. The van der Waals surface area contributed by atoms with Crippen LogP contribution < -0.4 is 10.4 Å². The van der Waals surface area contributed by atoms with E-state index in [4.69, 9.17) is 4.65 Å². The minimum Gasteiger partial charge on any atom is -0.423 e. The van der Waals surface area contributed by atoms with E-state index < -0.39 is 13.2 Å². The molecule has 1 unspecified atom stereocenters. The van der Waals surface area contributed by atoms with Crippen LogP contribution in [0.15, 0.2) is 42.5 Å². The van der Waals surface area contributed by atoms with E-state index in [9.17, 15) is 9.41 Å². The standard InChI is InChI=1S/C15H15BFNO2/c1-18(2)11-8-6-10(7-9-11)15-14-12(16(19)20-15)4-3-5-13(14)17/h3-9,15,19H,1-2H3. The summed E-state index contributed by atoms with van der Waals surface area (Å²) in [5.74, 6) is -0.347. The third kappa shape index (κ3) is 2.09. The van der Waals surface area contributed by atoms with Gasteiger partial charge in [-0.1, -0.05) is 24.3 Å². The summed E-state index contributed by atoms with van der Waals surface area (Å²) in [5, 5.41) is 9.88. The molecule has 102 valence electrons. The van der Waals surface area contributed by atoms with Crippen LogP contribution in [-0.4, -0.2) is 26.2 Å². The Bertz CT molecular complexity index is 630. The first-order valence-corrected chi connectivity index (χ1v) is 6.47. The Morgan fingerprint density at radius 1 is 1.15 bits per heavy atom. The van der Waals surface area contributed by atoms with Crippen LogP contribution in [0.25, 0.3) is 0 Å². The molecule has 0 fully saturated rings. The molecule has 0 radical (unpaired) electrons. The molecule has 3 nitrogen and oxygen atoms in total. The first-order chi connectivity index (χ1) is 9.58. The van der Waals surface area contributed by atoms with Crippen molar-refractivity contribution < 1.29 is 14.1 Å². The number of fused-ring (bicyclic) bond motifs is 1. The van der Waals surface area contributed by atoms with Crippen LogP contribution in [0.4, 0.5) is 10.1 Å². The van der Waals surface area contributed by atoms with Gasteiger partial charge in [0, 0.05) is 25.3 Å². The summed E-state index contributed by atoms with van der Waals surface area (Å²) >= 11 is 0. The van der Waals surface area contributed by atoms with Gasteiger partial charge in [-0.05, 0) is 29.2 Å². The molecule has 0 aromatic heterocycles. The topological polar surface area (TPSA) is 32.7 Å². The monoisotopic (exact) mass is 271 g/mol. The number of halogens is 1. The van der Waals surface area contributed by atoms with E-state index in [-0.39, 0.29) is 5.82 Å². The molecule has 1 aliphatic rings. The van der Waals surface area contributed by atoms with Crippen molar-refractivity contribution in [2.45, 2.75) is 6.10 Å². The predicted molar refractivity (Wildman–Crippen MR) is 77.7 cm³/mol. The fourth-order valence-corrected chi connectivity index (χ4v) is 2.51. The van der Waals surface area contributed by atoms with E-state index in [2.05, 4.69) is 0 Å². The largest absolute Gasteiger partial charge is 0.492 e. The zero-order valence-electron chi connectivity index (χ0n) is 11.4. The van der Waals surface area contributed by atoms with Gasteiger partial charge < -0.3 is 14.6 Å². The number of benzene rings is 2. The van der Waals surface area contributed by atoms with Crippen LogP contribution in [0.5, 0.6) is 0 Å². The molecular formula is C15H15BFNO2. The Kier molecular flexibility index (Phi) is 3.24.